The summed E-state index contributed by atoms with van der Waals surface area (Å²) in [5.74, 6) is 0.288. The van der Waals surface area contributed by atoms with Crippen molar-refractivity contribution < 1.29 is 14.6 Å². The van der Waals surface area contributed by atoms with Gasteiger partial charge in [-0.1, -0.05) is 31.2 Å². The van der Waals surface area contributed by atoms with Gasteiger partial charge in [-0.2, -0.15) is 0 Å². The Labute approximate surface area is 239 Å². The molecule has 3 aromatic rings. The highest BCUT2D eigenvalue weighted by Crippen LogP contribution is 2.48. The number of benzene rings is 2. The van der Waals surface area contributed by atoms with Crippen LogP contribution in [0.1, 0.15) is 93.9 Å². The van der Waals surface area contributed by atoms with Crippen LogP contribution in [0.3, 0.4) is 0 Å². The third kappa shape index (κ3) is 6.10. The van der Waals surface area contributed by atoms with Crippen LogP contribution in [0.5, 0.6) is 5.75 Å². The zero-order valence-corrected chi connectivity index (χ0v) is 24.9. The van der Waals surface area contributed by atoms with Gasteiger partial charge in [0.05, 0.1) is 5.92 Å². The van der Waals surface area contributed by atoms with Crippen LogP contribution < -0.4 is 4.74 Å². The van der Waals surface area contributed by atoms with Crippen molar-refractivity contribution in [3.63, 3.8) is 0 Å². The first-order valence-electron chi connectivity index (χ1n) is 15.0. The van der Waals surface area contributed by atoms with Crippen molar-refractivity contribution in [1.29, 1.82) is 0 Å². The van der Waals surface area contributed by atoms with E-state index in [0.717, 1.165) is 49.2 Å². The number of aliphatic carboxylic acids is 1. The van der Waals surface area contributed by atoms with E-state index in [0.29, 0.717) is 18.0 Å². The average Bonchev–Trinajstić information content (AvgIpc) is 3.76. The van der Waals surface area contributed by atoms with Gasteiger partial charge in [0.15, 0.2) is 0 Å². The molecule has 2 heterocycles. The van der Waals surface area contributed by atoms with Crippen LogP contribution in [-0.2, 0) is 17.8 Å². The van der Waals surface area contributed by atoms with Crippen LogP contribution in [0.4, 0.5) is 0 Å². The Hall–Kier alpha value is -3.18. The lowest BCUT2D eigenvalue weighted by Crippen LogP contribution is -2.36. The molecule has 2 aliphatic rings. The first kappa shape index (κ1) is 28.4. The summed E-state index contributed by atoms with van der Waals surface area (Å²) in [7, 11) is 0. The minimum Gasteiger partial charge on any atom is -0.485 e. The molecule has 1 aliphatic carbocycles. The van der Waals surface area contributed by atoms with Gasteiger partial charge in [-0.15, -0.1) is 0 Å². The summed E-state index contributed by atoms with van der Waals surface area (Å²) < 4.78 is 6.78. The number of aryl methyl sites for hydroxylation is 2. The fourth-order valence-electron chi connectivity index (χ4n) is 6.51. The quantitative estimate of drug-likeness (QED) is 0.283. The number of ether oxygens (including phenoxy) is 1. The molecular weight excluding hydrogens is 496 g/mol. The molecule has 5 nitrogen and oxygen atoms in total. The molecular formula is C35H44N2O3. The van der Waals surface area contributed by atoms with Crippen molar-refractivity contribution in [3.8, 4) is 16.9 Å². The molecule has 0 saturated heterocycles. The number of carboxylic acids is 1. The van der Waals surface area contributed by atoms with E-state index in [1.54, 1.807) is 0 Å². The smallest absolute Gasteiger partial charge is 0.306 e. The highest BCUT2D eigenvalue weighted by Gasteiger charge is 2.39. The summed E-state index contributed by atoms with van der Waals surface area (Å²) in [4.78, 5) is 18.8. The Morgan fingerprint density at radius 3 is 2.35 bits per heavy atom. The van der Waals surface area contributed by atoms with Crippen LogP contribution in [0, 0.1) is 18.8 Å². The first-order valence-corrected chi connectivity index (χ1v) is 15.0. The molecule has 0 radical (unpaired) electrons. The number of aromatic nitrogens is 1. The van der Waals surface area contributed by atoms with Gasteiger partial charge in [0.25, 0.3) is 0 Å². The van der Waals surface area contributed by atoms with E-state index in [-0.39, 0.29) is 12.0 Å². The normalized spacial score (nSPS) is 18.5. The number of hydrogen-bond donors (Lipinski definition) is 1. The van der Waals surface area contributed by atoms with E-state index in [1.165, 1.54) is 27.8 Å². The van der Waals surface area contributed by atoms with E-state index in [9.17, 15) is 9.90 Å². The largest absolute Gasteiger partial charge is 0.485 e. The van der Waals surface area contributed by atoms with E-state index in [1.807, 2.05) is 20.0 Å². The summed E-state index contributed by atoms with van der Waals surface area (Å²) in [6, 6.07) is 18.3. The van der Waals surface area contributed by atoms with Crippen LogP contribution in [0.2, 0.25) is 0 Å². The molecule has 0 spiro atoms. The van der Waals surface area contributed by atoms with Gasteiger partial charge in [0, 0.05) is 30.5 Å². The van der Waals surface area contributed by atoms with Crippen molar-refractivity contribution >= 4 is 5.97 Å². The first-order chi connectivity index (χ1) is 19.1. The fourth-order valence-corrected chi connectivity index (χ4v) is 6.51. The van der Waals surface area contributed by atoms with Crippen molar-refractivity contribution in [2.24, 2.45) is 11.8 Å². The fraction of sp³-hybridized carbons (Fsp3) is 0.486. The Kier molecular flexibility index (Phi) is 8.32. The number of carboxylic acid groups (broad SMARTS) is 1. The van der Waals surface area contributed by atoms with Crippen LogP contribution >= 0.6 is 0 Å². The predicted octanol–water partition coefficient (Wildman–Crippen LogP) is 7.96. The van der Waals surface area contributed by atoms with Gasteiger partial charge in [-0.3, -0.25) is 14.7 Å². The highest BCUT2D eigenvalue weighted by atomic mass is 16.5. The Bertz CT molecular complexity index is 1350. The molecule has 0 bridgehead atoms. The lowest BCUT2D eigenvalue weighted by Gasteiger charge is -2.34. The topological polar surface area (TPSA) is 62.7 Å². The molecule has 1 aliphatic heterocycles. The molecule has 5 rings (SSSR count). The molecule has 1 unspecified atom stereocenters. The predicted molar refractivity (Wildman–Crippen MR) is 161 cm³/mol. The molecule has 40 heavy (non-hydrogen) atoms. The highest BCUT2D eigenvalue weighted by molar-refractivity contribution is 5.71. The second-order valence-electron chi connectivity index (χ2n) is 12.5. The Balaban J connectivity index is 1.49. The number of carbonyl (C=O) groups is 1. The van der Waals surface area contributed by atoms with E-state index in [4.69, 9.17) is 4.74 Å². The van der Waals surface area contributed by atoms with E-state index < -0.39 is 11.9 Å². The SMILES string of the molecule is Cc1cc(-c2ccc(C3CCc4ccc([C@H](C5CC5)[C@H](C)C(=O)O)cc4O3)c(CN(C(C)C)C(C)C)c2)ccn1. The minimum atomic E-state index is -0.720. The van der Waals surface area contributed by atoms with Crippen LogP contribution in [0.15, 0.2) is 54.7 Å². The average molecular weight is 541 g/mol. The molecule has 212 valence electrons. The van der Waals surface area contributed by atoms with Crippen molar-refractivity contribution in [2.45, 2.75) is 97.9 Å². The van der Waals surface area contributed by atoms with Gasteiger partial charge >= 0.3 is 5.97 Å². The summed E-state index contributed by atoms with van der Waals surface area (Å²) in [5, 5.41) is 9.78. The molecule has 3 atom stereocenters. The van der Waals surface area contributed by atoms with Gasteiger partial charge in [0.1, 0.15) is 11.9 Å². The lowest BCUT2D eigenvalue weighted by molar-refractivity contribution is -0.142. The van der Waals surface area contributed by atoms with E-state index in [2.05, 4.69) is 86.1 Å². The molecule has 1 fully saturated rings. The summed E-state index contributed by atoms with van der Waals surface area (Å²) >= 11 is 0. The van der Waals surface area contributed by atoms with Crippen LogP contribution in [-0.4, -0.2) is 33.0 Å². The Morgan fingerprint density at radius 1 is 0.975 bits per heavy atom. The number of rotatable bonds is 10. The van der Waals surface area contributed by atoms with Crippen molar-refractivity contribution in [3.05, 3.63) is 82.7 Å². The molecule has 1 aromatic heterocycles. The summed E-state index contributed by atoms with van der Waals surface area (Å²) in [6.45, 7) is 13.8. The maximum atomic E-state index is 11.9. The second kappa shape index (κ2) is 11.7. The van der Waals surface area contributed by atoms with Crippen LogP contribution in [0.25, 0.3) is 11.1 Å². The summed E-state index contributed by atoms with van der Waals surface area (Å²) in [5.41, 5.74) is 8.26. The maximum Gasteiger partial charge on any atom is 0.306 e. The number of nitrogens with zero attached hydrogens (tertiary/aromatic N) is 2. The van der Waals surface area contributed by atoms with Gasteiger partial charge in [0.2, 0.25) is 0 Å². The van der Waals surface area contributed by atoms with Gasteiger partial charge in [-0.25, -0.2) is 0 Å². The third-order valence-corrected chi connectivity index (χ3v) is 8.88. The molecule has 1 N–H and O–H groups in total. The standard InChI is InChI=1S/C35H44N2O3/c1-21(2)37(22(3)4)20-30-18-27(28-15-16-36-23(5)17-28)11-13-31(30)32-14-12-25-7-10-29(19-33(25)40-32)34(26-8-9-26)24(6)35(38)39/h7,10-11,13,15-19,21-22,24,26,32,34H,8-9,12,14,20H2,1-6H3,(H,38,39)/t24-,32?,34-/m0/s1. The van der Waals surface area contributed by atoms with E-state index >= 15 is 0 Å². The van der Waals surface area contributed by atoms with Gasteiger partial charge in [-0.05, 0) is 130 Å². The molecule has 0 amide bonds. The maximum absolute atomic E-state index is 11.9. The number of pyridine rings is 1. The lowest BCUT2D eigenvalue weighted by atomic mass is 9.82. The molecule has 5 heteroatoms. The van der Waals surface area contributed by atoms with Crippen molar-refractivity contribution in [1.82, 2.24) is 9.88 Å². The van der Waals surface area contributed by atoms with Crippen molar-refractivity contribution in [2.75, 3.05) is 0 Å². The Morgan fingerprint density at radius 2 is 1.70 bits per heavy atom. The second-order valence-corrected chi connectivity index (χ2v) is 12.5. The number of hydrogen-bond acceptors (Lipinski definition) is 4. The third-order valence-electron chi connectivity index (χ3n) is 8.88. The monoisotopic (exact) mass is 540 g/mol. The number of fused-ring (bicyclic) bond motifs is 1. The summed E-state index contributed by atoms with van der Waals surface area (Å²) in [6.07, 6.45) is 5.93. The minimum absolute atomic E-state index is 0.0380. The molecule has 2 aromatic carbocycles. The molecule has 1 saturated carbocycles. The zero-order chi connectivity index (χ0) is 28.6. The van der Waals surface area contributed by atoms with Gasteiger partial charge < -0.3 is 9.84 Å². The zero-order valence-electron chi connectivity index (χ0n) is 24.9.